The molecule has 3 aromatic rings. The van der Waals surface area contributed by atoms with Crippen molar-refractivity contribution in [1.29, 1.82) is 0 Å². The van der Waals surface area contributed by atoms with Crippen molar-refractivity contribution >= 4 is 21.1 Å². The number of piperazine rings is 1. The molecule has 0 atom stereocenters. The number of aromatic nitrogens is 3. The van der Waals surface area contributed by atoms with Crippen molar-refractivity contribution in [3.05, 3.63) is 40.5 Å². The first-order valence-corrected chi connectivity index (χ1v) is 9.90. The summed E-state index contributed by atoms with van der Waals surface area (Å²) in [5, 5.41) is 3.76. The fraction of sp³-hybridized carbons (Fsp3) is 0.438. The molecule has 4 rings (SSSR count). The Balaban J connectivity index is 1.49. The molecule has 144 valence electrons. The summed E-state index contributed by atoms with van der Waals surface area (Å²) in [6, 6.07) is 4.49. The minimum absolute atomic E-state index is 0.116. The van der Waals surface area contributed by atoms with E-state index >= 15 is 0 Å². The zero-order valence-corrected chi connectivity index (χ0v) is 15.8. The summed E-state index contributed by atoms with van der Waals surface area (Å²) < 4.78 is 38.8. The number of sulfonamides is 1. The van der Waals surface area contributed by atoms with Crippen LogP contribution in [0.5, 0.6) is 0 Å². The van der Waals surface area contributed by atoms with Gasteiger partial charge in [0, 0.05) is 39.3 Å². The standard InChI is InChI=1S/C16H19N5O5S/c1-11-17-15(26-18-11)10-20-5-7-21(8-6-20)27(23,24)12-3-4-13-14(9-12)25-16(22)19(13)2/h3-4,9H,5-8,10H2,1-2H3. The molecule has 1 aromatic carbocycles. The average Bonchev–Trinajstić information content (AvgIpc) is 3.18. The summed E-state index contributed by atoms with van der Waals surface area (Å²) in [5.41, 5.74) is 0.813. The van der Waals surface area contributed by atoms with Gasteiger partial charge in [0.25, 0.3) is 0 Å². The van der Waals surface area contributed by atoms with Crippen LogP contribution in [0.15, 0.2) is 36.8 Å². The molecule has 3 heterocycles. The topological polar surface area (TPSA) is 115 Å². The Morgan fingerprint density at radius 3 is 2.59 bits per heavy atom. The van der Waals surface area contributed by atoms with Gasteiger partial charge in [0.1, 0.15) is 0 Å². The van der Waals surface area contributed by atoms with Crippen LogP contribution in [0.4, 0.5) is 0 Å². The molecule has 2 aromatic heterocycles. The number of hydrogen-bond donors (Lipinski definition) is 0. The summed E-state index contributed by atoms with van der Waals surface area (Å²) in [7, 11) is -2.09. The lowest BCUT2D eigenvalue weighted by Gasteiger charge is -2.33. The van der Waals surface area contributed by atoms with E-state index in [0.717, 1.165) is 0 Å². The number of oxazole rings is 1. The van der Waals surface area contributed by atoms with E-state index < -0.39 is 15.8 Å². The molecule has 0 spiro atoms. The van der Waals surface area contributed by atoms with Crippen LogP contribution in [0.25, 0.3) is 11.1 Å². The van der Waals surface area contributed by atoms with Crippen molar-refractivity contribution < 1.29 is 17.4 Å². The number of fused-ring (bicyclic) bond motifs is 1. The van der Waals surface area contributed by atoms with E-state index in [1.165, 1.54) is 21.0 Å². The highest BCUT2D eigenvalue weighted by atomic mass is 32.2. The van der Waals surface area contributed by atoms with Gasteiger partial charge in [0.05, 0.1) is 17.0 Å². The normalized spacial score (nSPS) is 17.0. The van der Waals surface area contributed by atoms with E-state index in [0.29, 0.717) is 50.0 Å². The van der Waals surface area contributed by atoms with Crippen LogP contribution in [0.3, 0.4) is 0 Å². The number of rotatable bonds is 4. The van der Waals surface area contributed by atoms with Crippen LogP contribution in [0.1, 0.15) is 11.7 Å². The Labute approximate surface area is 155 Å². The van der Waals surface area contributed by atoms with Gasteiger partial charge in [-0.3, -0.25) is 9.47 Å². The summed E-state index contributed by atoms with van der Waals surface area (Å²) >= 11 is 0. The maximum atomic E-state index is 12.9. The summed E-state index contributed by atoms with van der Waals surface area (Å²) in [6.45, 7) is 4.07. The Morgan fingerprint density at radius 2 is 1.93 bits per heavy atom. The van der Waals surface area contributed by atoms with Gasteiger partial charge in [-0.05, 0) is 19.1 Å². The largest absolute Gasteiger partial charge is 0.419 e. The third-order valence-corrected chi connectivity index (χ3v) is 6.56. The van der Waals surface area contributed by atoms with Gasteiger partial charge in [-0.2, -0.15) is 9.29 Å². The van der Waals surface area contributed by atoms with Gasteiger partial charge in [-0.25, -0.2) is 13.2 Å². The molecular formula is C16H19N5O5S. The Kier molecular flexibility index (Phi) is 4.36. The van der Waals surface area contributed by atoms with Crippen molar-refractivity contribution in [1.82, 2.24) is 23.9 Å². The van der Waals surface area contributed by atoms with Crippen molar-refractivity contribution in [3.8, 4) is 0 Å². The molecular weight excluding hydrogens is 374 g/mol. The molecule has 27 heavy (non-hydrogen) atoms. The molecule has 1 aliphatic heterocycles. The molecule has 11 heteroatoms. The summed E-state index contributed by atoms with van der Waals surface area (Å²) in [5.74, 6) is 0.576. The second kappa shape index (κ2) is 6.59. The minimum Gasteiger partial charge on any atom is -0.408 e. The average molecular weight is 393 g/mol. The molecule has 0 bridgehead atoms. The van der Waals surface area contributed by atoms with E-state index in [4.69, 9.17) is 8.94 Å². The quantitative estimate of drug-likeness (QED) is 0.623. The number of benzene rings is 1. The van der Waals surface area contributed by atoms with Crippen LogP contribution in [0, 0.1) is 6.92 Å². The molecule has 0 aliphatic carbocycles. The van der Waals surface area contributed by atoms with Gasteiger partial charge >= 0.3 is 5.76 Å². The Bertz CT molecular complexity index is 1140. The zero-order chi connectivity index (χ0) is 19.2. The molecule has 0 saturated carbocycles. The van der Waals surface area contributed by atoms with Crippen LogP contribution >= 0.6 is 0 Å². The minimum atomic E-state index is -3.67. The first-order valence-electron chi connectivity index (χ1n) is 8.46. The van der Waals surface area contributed by atoms with Crippen molar-refractivity contribution in [2.24, 2.45) is 7.05 Å². The number of hydrogen-bond acceptors (Lipinski definition) is 8. The molecule has 1 saturated heterocycles. The zero-order valence-electron chi connectivity index (χ0n) is 15.0. The number of aryl methyl sites for hydroxylation is 2. The fourth-order valence-electron chi connectivity index (χ4n) is 3.15. The molecule has 0 N–H and O–H groups in total. The highest BCUT2D eigenvalue weighted by Crippen LogP contribution is 2.22. The van der Waals surface area contributed by atoms with E-state index in [-0.39, 0.29) is 10.5 Å². The van der Waals surface area contributed by atoms with E-state index in [1.54, 1.807) is 20.0 Å². The van der Waals surface area contributed by atoms with Crippen molar-refractivity contribution in [3.63, 3.8) is 0 Å². The van der Waals surface area contributed by atoms with Crippen LogP contribution in [0.2, 0.25) is 0 Å². The fourth-order valence-corrected chi connectivity index (χ4v) is 4.59. The molecule has 1 fully saturated rings. The highest BCUT2D eigenvalue weighted by molar-refractivity contribution is 7.89. The van der Waals surface area contributed by atoms with Gasteiger partial charge in [0.2, 0.25) is 15.9 Å². The molecule has 0 unspecified atom stereocenters. The monoisotopic (exact) mass is 393 g/mol. The number of nitrogens with zero attached hydrogens (tertiary/aromatic N) is 5. The van der Waals surface area contributed by atoms with Crippen molar-refractivity contribution in [2.75, 3.05) is 26.2 Å². The SMILES string of the molecule is Cc1noc(CN2CCN(S(=O)(=O)c3ccc4c(c3)oc(=O)n4C)CC2)n1. The van der Waals surface area contributed by atoms with Crippen LogP contribution in [-0.2, 0) is 23.6 Å². The van der Waals surface area contributed by atoms with E-state index in [2.05, 4.69) is 15.0 Å². The Hall–Kier alpha value is -2.50. The maximum Gasteiger partial charge on any atom is 0.419 e. The predicted molar refractivity (Wildman–Crippen MR) is 94.5 cm³/mol. The third-order valence-electron chi connectivity index (χ3n) is 4.66. The molecule has 0 radical (unpaired) electrons. The summed E-state index contributed by atoms with van der Waals surface area (Å²) in [4.78, 5) is 18.0. The third kappa shape index (κ3) is 3.29. The van der Waals surface area contributed by atoms with Crippen LogP contribution < -0.4 is 5.76 Å². The highest BCUT2D eigenvalue weighted by Gasteiger charge is 2.29. The lowest BCUT2D eigenvalue weighted by atomic mass is 10.3. The maximum absolute atomic E-state index is 12.9. The first kappa shape index (κ1) is 17.9. The lowest BCUT2D eigenvalue weighted by Crippen LogP contribution is -2.48. The van der Waals surface area contributed by atoms with E-state index in [1.807, 2.05) is 0 Å². The Morgan fingerprint density at radius 1 is 1.19 bits per heavy atom. The predicted octanol–water partition coefficient (Wildman–Crippen LogP) is 0.329. The smallest absolute Gasteiger partial charge is 0.408 e. The van der Waals surface area contributed by atoms with Gasteiger partial charge < -0.3 is 8.94 Å². The lowest BCUT2D eigenvalue weighted by molar-refractivity contribution is 0.163. The second-order valence-electron chi connectivity index (χ2n) is 6.47. The van der Waals surface area contributed by atoms with Gasteiger partial charge in [-0.15, -0.1) is 0 Å². The molecule has 0 amide bonds. The van der Waals surface area contributed by atoms with Gasteiger partial charge in [-0.1, -0.05) is 5.16 Å². The summed E-state index contributed by atoms with van der Waals surface area (Å²) in [6.07, 6.45) is 0. The van der Waals surface area contributed by atoms with Crippen molar-refractivity contribution in [2.45, 2.75) is 18.4 Å². The molecule has 10 nitrogen and oxygen atoms in total. The van der Waals surface area contributed by atoms with Gasteiger partial charge in [0.15, 0.2) is 11.4 Å². The molecule has 1 aliphatic rings. The first-order chi connectivity index (χ1) is 12.8. The van der Waals surface area contributed by atoms with Crippen LogP contribution in [-0.4, -0.2) is 58.5 Å². The second-order valence-corrected chi connectivity index (χ2v) is 8.41. The van der Waals surface area contributed by atoms with E-state index in [9.17, 15) is 13.2 Å².